The van der Waals surface area contributed by atoms with E-state index in [2.05, 4.69) is 17.9 Å². The van der Waals surface area contributed by atoms with E-state index in [-0.39, 0.29) is 18.7 Å². The van der Waals surface area contributed by atoms with Crippen LogP contribution in [0.1, 0.15) is 29.6 Å². The van der Waals surface area contributed by atoms with E-state index in [0.717, 1.165) is 31.5 Å². The Balaban J connectivity index is 0.000000289. The molecule has 2 rings (SSSR count). The van der Waals surface area contributed by atoms with E-state index in [1.807, 2.05) is 6.07 Å². The third kappa shape index (κ3) is 7.83. The van der Waals surface area contributed by atoms with Gasteiger partial charge in [-0.25, -0.2) is 9.59 Å². The van der Waals surface area contributed by atoms with Crippen molar-refractivity contribution in [3.05, 3.63) is 72.9 Å². The molecule has 0 radical (unpaired) electrons. The van der Waals surface area contributed by atoms with Gasteiger partial charge in [0.1, 0.15) is 6.61 Å². The average molecular weight is 357 g/mol. The summed E-state index contributed by atoms with van der Waals surface area (Å²) in [6, 6.07) is 8.88. The molecule has 1 heterocycles. The van der Waals surface area contributed by atoms with Crippen molar-refractivity contribution in [3.63, 3.8) is 0 Å². The molecule has 0 aliphatic carbocycles. The summed E-state index contributed by atoms with van der Waals surface area (Å²) >= 11 is 0. The van der Waals surface area contributed by atoms with E-state index < -0.39 is 0 Å². The number of benzene rings is 1. The number of amides is 1. The van der Waals surface area contributed by atoms with Crippen LogP contribution in [-0.2, 0) is 9.47 Å². The molecule has 5 heteroatoms. The van der Waals surface area contributed by atoms with Gasteiger partial charge in [0, 0.05) is 13.1 Å². The van der Waals surface area contributed by atoms with Crippen LogP contribution in [0.4, 0.5) is 4.79 Å². The zero-order valence-electron chi connectivity index (χ0n) is 15.4. The van der Waals surface area contributed by atoms with Gasteiger partial charge in [0.2, 0.25) is 0 Å². The van der Waals surface area contributed by atoms with E-state index in [1.165, 1.54) is 13.5 Å². The van der Waals surface area contributed by atoms with E-state index in [0.29, 0.717) is 5.56 Å². The lowest BCUT2D eigenvalue weighted by atomic mass is 10.1. The van der Waals surface area contributed by atoms with E-state index in [1.54, 1.807) is 47.4 Å². The normalized spacial score (nSPS) is 13.7. The lowest BCUT2D eigenvalue weighted by molar-refractivity contribution is 0.0600. The summed E-state index contributed by atoms with van der Waals surface area (Å²) in [5.74, 6) is -0.291. The average Bonchev–Trinajstić information content (AvgIpc) is 2.72. The minimum Gasteiger partial charge on any atom is -0.465 e. The van der Waals surface area contributed by atoms with Gasteiger partial charge >= 0.3 is 12.1 Å². The second-order valence-corrected chi connectivity index (χ2v) is 5.64. The van der Waals surface area contributed by atoms with Gasteiger partial charge in [-0.05, 0) is 37.0 Å². The fourth-order valence-electron chi connectivity index (χ4n) is 2.33. The number of ether oxygens (including phenoxy) is 2. The number of nitrogens with zero attached hydrogens (tertiary/aromatic N) is 1. The van der Waals surface area contributed by atoms with Crippen molar-refractivity contribution >= 4 is 12.1 Å². The molecule has 1 aromatic carbocycles. The molecule has 0 spiro atoms. The van der Waals surface area contributed by atoms with Crippen molar-refractivity contribution in [1.82, 2.24) is 4.90 Å². The van der Waals surface area contributed by atoms with Crippen LogP contribution in [0.2, 0.25) is 0 Å². The van der Waals surface area contributed by atoms with Crippen LogP contribution in [0.5, 0.6) is 0 Å². The number of likely N-dealkylation sites (tertiary alicyclic amines) is 1. The number of methoxy groups -OCH3 is 1. The molecule has 1 amide bonds. The van der Waals surface area contributed by atoms with Gasteiger partial charge in [-0.3, -0.25) is 0 Å². The summed E-state index contributed by atoms with van der Waals surface area (Å²) in [6.45, 7) is 9.13. The van der Waals surface area contributed by atoms with E-state index >= 15 is 0 Å². The van der Waals surface area contributed by atoms with Crippen molar-refractivity contribution in [2.24, 2.45) is 0 Å². The fraction of sp³-hybridized carbons (Fsp3) is 0.333. The van der Waals surface area contributed by atoms with Crippen LogP contribution in [0.3, 0.4) is 0 Å². The van der Waals surface area contributed by atoms with Gasteiger partial charge in [-0.1, -0.05) is 49.6 Å². The second kappa shape index (κ2) is 12.5. The highest BCUT2D eigenvalue weighted by atomic mass is 16.6. The van der Waals surface area contributed by atoms with Crippen molar-refractivity contribution in [1.29, 1.82) is 0 Å². The predicted octanol–water partition coefficient (Wildman–Crippen LogP) is 4.38. The zero-order valence-corrected chi connectivity index (χ0v) is 15.4. The van der Waals surface area contributed by atoms with Crippen molar-refractivity contribution < 1.29 is 19.1 Å². The number of carbonyl (C=O) groups is 2. The maximum Gasteiger partial charge on any atom is 0.410 e. The summed E-state index contributed by atoms with van der Waals surface area (Å²) in [6.07, 6.45) is 8.25. The van der Waals surface area contributed by atoms with Gasteiger partial charge in [0.15, 0.2) is 0 Å². The molecule has 26 heavy (non-hydrogen) atoms. The van der Waals surface area contributed by atoms with Crippen LogP contribution < -0.4 is 0 Å². The van der Waals surface area contributed by atoms with E-state index in [9.17, 15) is 9.59 Å². The number of rotatable bonds is 5. The lowest BCUT2D eigenvalue weighted by Crippen LogP contribution is -2.36. The third-order valence-corrected chi connectivity index (χ3v) is 3.77. The molecule has 1 fully saturated rings. The van der Waals surface area contributed by atoms with Gasteiger partial charge in [-0.15, -0.1) is 0 Å². The minimum atomic E-state index is -0.291. The van der Waals surface area contributed by atoms with E-state index in [4.69, 9.17) is 4.74 Å². The molecule has 1 saturated heterocycles. The highest BCUT2D eigenvalue weighted by molar-refractivity contribution is 5.89. The van der Waals surface area contributed by atoms with Gasteiger partial charge < -0.3 is 14.4 Å². The molecule has 0 aromatic heterocycles. The Morgan fingerprint density at radius 2 is 1.77 bits per heavy atom. The molecule has 0 saturated carbocycles. The Hall–Kier alpha value is -2.82. The first kappa shape index (κ1) is 21.2. The summed E-state index contributed by atoms with van der Waals surface area (Å²) in [5, 5.41) is 0. The SMILES string of the molecule is C=C/C=C(\C=C)COC(=O)N1CCCCC1.COC(=O)c1ccccc1. The number of piperidine rings is 1. The Morgan fingerprint density at radius 1 is 1.12 bits per heavy atom. The largest absolute Gasteiger partial charge is 0.465 e. The van der Waals surface area contributed by atoms with Gasteiger partial charge in [-0.2, -0.15) is 0 Å². The lowest BCUT2D eigenvalue weighted by Gasteiger charge is -2.25. The van der Waals surface area contributed by atoms with Crippen molar-refractivity contribution in [2.45, 2.75) is 19.3 Å². The first-order valence-corrected chi connectivity index (χ1v) is 8.61. The summed E-state index contributed by atoms with van der Waals surface area (Å²) in [5.41, 5.74) is 1.45. The maximum absolute atomic E-state index is 11.6. The van der Waals surface area contributed by atoms with Crippen molar-refractivity contribution in [3.8, 4) is 0 Å². The Morgan fingerprint density at radius 3 is 2.31 bits per heavy atom. The molecular formula is C21H27NO4. The Labute approximate surface area is 155 Å². The quantitative estimate of drug-likeness (QED) is 0.580. The predicted molar refractivity (Wildman–Crippen MR) is 103 cm³/mol. The fourth-order valence-corrected chi connectivity index (χ4v) is 2.33. The third-order valence-electron chi connectivity index (χ3n) is 3.77. The zero-order chi connectivity index (χ0) is 19.2. The molecule has 0 bridgehead atoms. The molecule has 0 atom stereocenters. The standard InChI is InChI=1S/C13H19NO2.C8H8O2/c1-3-8-12(4-2)11-16-13(15)14-9-6-5-7-10-14;1-10-8(9)7-5-3-2-4-6-7/h3-4,8H,1-2,5-7,9-11H2;2-6H,1H3/b12-8+;. The molecule has 0 unspecified atom stereocenters. The molecule has 1 aromatic rings. The maximum atomic E-state index is 11.6. The number of hydrogen-bond acceptors (Lipinski definition) is 4. The van der Waals surface area contributed by atoms with Gasteiger partial charge in [0.05, 0.1) is 12.7 Å². The number of allylic oxidation sites excluding steroid dienone is 2. The summed E-state index contributed by atoms with van der Waals surface area (Å²) in [7, 11) is 1.37. The smallest absolute Gasteiger partial charge is 0.410 e. The van der Waals surface area contributed by atoms with Crippen LogP contribution in [0.25, 0.3) is 0 Å². The molecule has 1 aliphatic rings. The van der Waals surface area contributed by atoms with Gasteiger partial charge in [0.25, 0.3) is 0 Å². The molecule has 1 aliphatic heterocycles. The number of hydrogen-bond donors (Lipinski definition) is 0. The number of esters is 1. The molecule has 5 nitrogen and oxygen atoms in total. The Kier molecular flexibility index (Phi) is 10.2. The Bertz CT molecular complexity index is 616. The minimum absolute atomic E-state index is 0.225. The highest BCUT2D eigenvalue weighted by Gasteiger charge is 2.17. The molecular weight excluding hydrogens is 330 g/mol. The van der Waals surface area contributed by atoms with Crippen LogP contribution in [-0.4, -0.2) is 43.8 Å². The topological polar surface area (TPSA) is 55.8 Å². The molecule has 0 N–H and O–H groups in total. The number of carbonyl (C=O) groups excluding carboxylic acids is 2. The van der Waals surface area contributed by atoms with Crippen LogP contribution >= 0.6 is 0 Å². The second-order valence-electron chi connectivity index (χ2n) is 5.64. The van der Waals surface area contributed by atoms with Crippen LogP contribution in [0.15, 0.2) is 67.3 Å². The first-order chi connectivity index (χ1) is 12.6. The first-order valence-electron chi connectivity index (χ1n) is 8.61. The van der Waals surface area contributed by atoms with Crippen molar-refractivity contribution in [2.75, 3.05) is 26.8 Å². The highest BCUT2D eigenvalue weighted by Crippen LogP contribution is 2.10. The van der Waals surface area contributed by atoms with Crippen LogP contribution in [0, 0.1) is 0 Å². The molecule has 140 valence electrons. The summed E-state index contributed by atoms with van der Waals surface area (Å²) < 4.78 is 9.68. The summed E-state index contributed by atoms with van der Waals surface area (Å²) in [4.78, 5) is 24.2. The monoisotopic (exact) mass is 357 g/mol.